The van der Waals surface area contributed by atoms with Gasteiger partial charge in [0, 0.05) is 11.1 Å². The molecule has 264 valence electrons. The molecule has 50 heavy (non-hydrogen) atoms. The molecule has 0 saturated carbocycles. The zero-order valence-corrected chi connectivity index (χ0v) is 26.8. The number of Topliss-reactive ketones (excluding diaryl/α,β-unsaturated/α-hetero) is 1. The molecular weight excluding hydrogens is 681 g/mol. The van der Waals surface area contributed by atoms with E-state index in [-0.39, 0.29) is 28.7 Å². The van der Waals surface area contributed by atoms with Gasteiger partial charge in [0.25, 0.3) is 0 Å². The first kappa shape index (κ1) is 36.3. The summed E-state index contributed by atoms with van der Waals surface area (Å²) in [5.41, 5.74) is -1.83. The maximum absolute atomic E-state index is 13.9. The highest BCUT2D eigenvalue weighted by Crippen LogP contribution is 2.44. The molecule has 1 aliphatic rings. The van der Waals surface area contributed by atoms with Crippen molar-refractivity contribution in [1.29, 1.82) is 0 Å². The monoisotopic (exact) mass is 709 g/mol. The second-order valence-corrected chi connectivity index (χ2v) is 11.9. The van der Waals surface area contributed by atoms with Crippen molar-refractivity contribution in [3.63, 3.8) is 0 Å². The Kier molecular flexibility index (Phi) is 9.45. The van der Waals surface area contributed by atoms with Crippen molar-refractivity contribution < 1.29 is 58.6 Å². The summed E-state index contributed by atoms with van der Waals surface area (Å²) in [6.45, 7) is 3.96. The molecule has 1 amide bonds. The molecule has 0 spiro atoms. The second kappa shape index (κ2) is 13.0. The molecule has 0 unspecified atom stereocenters. The van der Waals surface area contributed by atoms with Gasteiger partial charge in [0.1, 0.15) is 11.9 Å². The summed E-state index contributed by atoms with van der Waals surface area (Å²) in [5.74, 6) is 0.113. The Hall–Kier alpha value is -5.01. The third-order valence-electron chi connectivity index (χ3n) is 8.54. The number of alkyl halides is 9. The molecule has 1 saturated heterocycles. The number of halogens is 9. The summed E-state index contributed by atoms with van der Waals surface area (Å²) in [4.78, 5) is 26.0. The van der Waals surface area contributed by atoms with E-state index in [1.165, 1.54) is 27.0 Å². The van der Waals surface area contributed by atoms with Crippen LogP contribution in [0.25, 0.3) is 22.3 Å². The molecule has 1 fully saturated rings. The smallest absolute Gasteiger partial charge is 0.416 e. The first-order valence-electron chi connectivity index (χ1n) is 15.0. The second-order valence-electron chi connectivity index (χ2n) is 11.9. The number of hydrogen-bond donors (Lipinski definition) is 0. The average Bonchev–Trinajstić information content (AvgIpc) is 3.31. The minimum absolute atomic E-state index is 0.0524. The van der Waals surface area contributed by atoms with E-state index in [4.69, 9.17) is 9.47 Å². The fourth-order valence-electron chi connectivity index (χ4n) is 5.94. The Bertz CT molecular complexity index is 1930. The van der Waals surface area contributed by atoms with Crippen LogP contribution >= 0.6 is 0 Å². The van der Waals surface area contributed by atoms with E-state index in [1.54, 1.807) is 43.3 Å². The lowest BCUT2D eigenvalue weighted by Crippen LogP contribution is -2.32. The normalized spacial score (nSPS) is 16.8. The number of amides is 1. The number of hydrogen-bond acceptors (Lipinski definition) is 4. The van der Waals surface area contributed by atoms with Crippen molar-refractivity contribution in [1.82, 2.24) is 4.90 Å². The van der Waals surface area contributed by atoms with Gasteiger partial charge >= 0.3 is 24.6 Å². The van der Waals surface area contributed by atoms with Gasteiger partial charge in [0.15, 0.2) is 5.78 Å². The maximum Gasteiger partial charge on any atom is 0.416 e. The minimum atomic E-state index is -5.16. The molecule has 2 atom stereocenters. The van der Waals surface area contributed by atoms with Gasteiger partial charge in [-0.15, -0.1) is 0 Å². The molecule has 1 aliphatic heterocycles. The molecule has 4 aromatic rings. The van der Waals surface area contributed by atoms with Crippen LogP contribution in [-0.4, -0.2) is 29.9 Å². The summed E-state index contributed by atoms with van der Waals surface area (Å²) in [7, 11) is 1.35. The molecule has 0 aliphatic carbocycles. The van der Waals surface area contributed by atoms with E-state index in [0.717, 1.165) is 22.6 Å². The summed E-state index contributed by atoms with van der Waals surface area (Å²) in [6, 6.07) is 12.5. The molecule has 0 bridgehead atoms. The zero-order valence-electron chi connectivity index (χ0n) is 26.8. The quantitative estimate of drug-likeness (QED) is 0.142. The van der Waals surface area contributed by atoms with Gasteiger partial charge in [0.05, 0.1) is 36.4 Å². The number of aryl methyl sites for hydroxylation is 1. The number of carbonyl (C=O) groups excluding carboxylic acids is 2. The summed E-state index contributed by atoms with van der Waals surface area (Å²) >= 11 is 0. The van der Waals surface area contributed by atoms with E-state index in [0.29, 0.717) is 34.4 Å². The van der Waals surface area contributed by atoms with Crippen LogP contribution in [0.15, 0.2) is 72.8 Å². The molecular formula is C36H28F9NO4. The highest BCUT2D eigenvalue weighted by atomic mass is 19.4. The Morgan fingerprint density at radius 3 is 1.90 bits per heavy atom. The van der Waals surface area contributed by atoms with E-state index in [9.17, 15) is 49.1 Å². The zero-order chi connectivity index (χ0) is 36.9. The fraction of sp³-hybridized carbons (Fsp3) is 0.278. The van der Waals surface area contributed by atoms with Crippen LogP contribution in [-0.2, 0) is 29.8 Å². The minimum Gasteiger partial charge on any atom is -0.496 e. The predicted molar refractivity (Wildman–Crippen MR) is 164 cm³/mol. The third-order valence-corrected chi connectivity index (χ3v) is 8.54. The number of nitrogens with zero attached hydrogens (tertiary/aromatic N) is 1. The molecule has 4 aromatic carbocycles. The number of ketones is 1. The van der Waals surface area contributed by atoms with Gasteiger partial charge in [0.2, 0.25) is 0 Å². The van der Waals surface area contributed by atoms with Crippen LogP contribution < -0.4 is 4.74 Å². The van der Waals surface area contributed by atoms with E-state index in [1.807, 2.05) is 0 Å². The van der Waals surface area contributed by atoms with Crippen molar-refractivity contribution in [3.05, 3.63) is 112 Å². The molecule has 5 nitrogen and oxygen atoms in total. The van der Waals surface area contributed by atoms with Gasteiger partial charge in [-0.05, 0) is 103 Å². The largest absolute Gasteiger partial charge is 0.496 e. The summed E-state index contributed by atoms with van der Waals surface area (Å²) in [5, 5.41) is 0. The van der Waals surface area contributed by atoms with Crippen LogP contribution in [0.3, 0.4) is 0 Å². The molecule has 14 heteroatoms. The molecule has 0 radical (unpaired) electrons. The Balaban J connectivity index is 1.59. The number of benzene rings is 4. The fourth-order valence-corrected chi connectivity index (χ4v) is 5.94. The Labute approximate surface area is 280 Å². The number of carbonyl (C=O) groups is 2. The lowest BCUT2D eigenvalue weighted by atomic mass is 9.91. The first-order chi connectivity index (χ1) is 23.2. The SMILES string of the molecule is COc1ccc(-c2ccc(C(C)=O)cc2C)cc1-c1ccc(C(F)(F)F)cc1CN1C(=O)O[C@H](c2cc(C(F)(F)F)cc(C(F)(F)F)c2)[C@@H]1C. The average molecular weight is 710 g/mol. The van der Waals surface area contributed by atoms with Crippen molar-refractivity contribution in [2.75, 3.05) is 7.11 Å². The van der Waals surface area contributed by atoms with Crippen LogP contribution in [0.2, 0.25) is 0 Å². The molecule has 0 N–H and O–H groups in total. The van der Waals surface area contributed by atoms with Crippen molar-refractivity contribution in [2.45, 2.75) is 58.0 Å². The molecule has 1 heterocycles. The van der Waals surface area contributed by atoms with E-state index >= 15 is 0 Å². The van der Waals surface area contributed by atoms with E-state index in [2.05, 4.69) is 0 Å². The number of cyclic esters (lactones) is 1. The van der Waals surface area contributed by atoms with Gasteiger partial charge in [-0.25, -0.2) is 4.79 Å². The Morgan fingerprint density at radius 2 is 1.36 bits per heavy atom. The highest BCUT2D eigenvalue weighted by molar-refractivity contribution is 5.95. The number of methoxy groups -OCH3 is 1. The van der Waals surface area contributed by atoms with Gasteiger partial charge in [-0.1, -0.05) is 24.3 Å². The van der Waals surface area contributed by atoms with Crippen molar-refractivity contribution >= 4 is 11.9 Å². The van der Waals surface area contributed by atoms with Gasteiger partial charge < -0.3 is 9.47 Å². The van der Waals surface area contributed by atoms with Crippen LogP contribution in [0.4, 0.5) is 44.3 Å². The van der Waals surface area contributed by atoms with Crippen LogP contribution in [0, 0.1) is 6.92 Å². The lowest BCUT2D eigenvalue weighted by Gasteiger charge is -2.24. The number of ether oxygens (including phenoxy) is 2. The van der Waals surface area contributed by atoms with Gasteiger partial charge in [-0.3, -0.25) is 9.69 Å². The third kappa shape index (κ3) is 7.29. The molecule has 5 rings (SSSR count). The van der Waals surface area contributed by atoms with Crippen LogP contribution in [0.5, 0.6) is 5.75 Å². The van der Waals surface area contributed by atoms with E-state index < -0.39 is 65.6 Å². The standard InChI is InChI=1S/C36H28F9NO4/c1-18-11-21(20(3)47)5-8-28(18)22-6-10-31(49-4)30(15-22)29-9-7-25(34(37,38)39)14-24(29)17-46-19(2)32(50-33(46)48)23-12-26(35(40,41)42)16-27(13-23)36(43,44)45/h5-16,19,32H,17H2,1-4H3/t19-,32-/m0/s1. The van der Waals surface area contributed by atoms with Gasteiger partial charge in [-0.2, -0.15) is 39.5 Å². The Morgan fingerprint density at radius 1 is 0.760 bits per heavy atom. The van der Waals surface area contributed by atoms with Crippen molar-refractivity contribution in [2.24, 2.45) is 0 Å². The van der Waals surface area contributed by atoms with Crippen molar-refractivity contribution in [3.8, 4) is 28.0 Å². The predicted octanol–water partition coefficient (Wildman–Crippen LogP) is 10.7. The topological polar surface area (TPSA) is 55.8 Å². The highest BCUT2D eigenvalue weighted by Gasteiger charge is 2.44. The van der Waals surface area contributed by atoms with Crippen LogP contribution in [0.1, 0.15) is 63.7 Å². The summed E-state index contributed by atoms with van der Waals surface area (Å²) < 4.78 is 134. The molecule has 0 aromatic heterocycles. The lowest BCUT2D eigenvalue weighted by molar-refractivity contribution is -0.143. The summed E-state index contributed by atoms with van der Waals surface area (Å²) in [6.07, 6.45) is -17.9. The number of rotatable bonds is 7. The maximum atomic E-state index is 13.9. The first-order valence-corrected chi connectivity index (χ1v) is 15.0.